The molecule has 3 heterocycles. The molecule has 1 aromatic carbocycles. The van der Waals surface area contributed by atoms with E-state index in [0.29, 0.717) is 0 Å². The molecule has 2 aliphatic heterocycles. The van der Waals surface area contributed by atoms with E-state index in [2.05, 4.69) is 26.7 Å². The van der Waals surface area contributed by atoms with Gasteiger partial charge in [-0.15, -0.1) is 0 Å². The zero-order valence-corrected chi connectivity index (χ0v) is 14.5. The fraction of sp³-hybridized carbons (Fsp3) is 0.500. The van der Waals surface area contributed by atoms with Crippen LogP contribution in [0.2, 0.25) is 0 Å². The number of morpholine rings is 1. The lowest BCUT2D eigenvalue weighted by Gasteiger charge is -2.26. The zero-order valence-electron chi connectivity index (χ0n) is 13.7. The van der Waals surface area contributed by atoms with Crippen molar-refractivity contribution in [3.63, 3.8) is 0 Å². The highest BCUT2D eigenvalue weighted by Gasteiger charge is 2.23. The number of rotatable bonds is 4. The number of para-hydroxylation sites is 1. The second-order valence-electron chi connectivity index (χ2n) is 6.31. The van der Waals surface area contributed by atoms with Gasteiger partial charge in [0.05, 0.1) is 23.4 Å². The van der Waals surface area contributed by atoms with E-state index in [-0.39, 0.29) is 0 Å². The quantitative estimate of drug-likeness (QED) is 0.397. The number of hydrogen-bond donors (Lipinski definition) is 5. The van der Waals surface area contributed by atoms with Crippen molar-refractivity contribution in [3.8, 4) is 0 Å². The van der Waals surface area contributed by atoms with Gasteiger partial charge in [0.2, 0.25) is 0 Å². The molecular weight excluding hydrogens is 324 g/mol. The minimum absolute atomic E-state index is 0.908. The number of anilines is 1. The highest BCUT2D eigenvalue weighted by molar-refractivity contribution is 7.22. The lowest BCUT2D eigenvalue weighted by atomic mass is 10.3. The van der Waals surface area contributed by atoms with Crippen LogP contribution in [0.15, 0.2) is 24.3 Å². The molecule has 1 atom stereocenters. The van der Waals surface area contributed by atoms with E-state index in [0.717, 1.165) is 56.2 Å². The molecule has 0 bridgehead atoms. The molecule has 7 nitrogen and oxygen atoms in total. The van der Waals surface area contributed by atoms with Crippen LogP contribution in [-0.2, 0) is 4.74 Å². The van der Waals surface area contributed by atoms with Crippen LogP contribution in [0.3, 0.4) is 0 Å². The molecule has 8 heteroatoms. The molecule has 1 unspecified atom stereocenters. The molecule has 4 rings (SSSR count). The number of fused-ring (bicyclic) bond motifs is 1. The maximum Gasteiger partial charge on any atom is 0.359 e. The fourth-order valence-electron chi connectivity index (χ4n) is 3.11. The Balaban J connectivity index is 1.28. The van der Waals surface area contributed by atoms with E-state index in [1.165, 1.54) is 22.7 Å². The molecular formula is C16H25N6OS+3. The summed E-state index contributed by atoms with van der Waals surface area (Å²) in [4.78, 5) is 11.2. The summed E-state index contributed by atoms with van der Waals surface area (Å²) in [5.41, 5.74) is 1.04. The first-order chi connectivity index (χ1) is 11.9. The molecule has 2 aliphatic rings. The monoisotopic (exact) mass is 349 g/mol. The SMILES string of the molecule is c1ccc2sc(NC3=[NH+]C[NH+](CC[NH+]4CCOCC4)CN3)nc2c1. The van der Waals surface area contributed by atoms with Crippen LogP contribution in [0.4, 0.5) is 5.13 Å². The summed E-state index contributed by atoms with van der Waals surface area (Å²) in [6, 6.07) is 8.22. The molecule has 1 saturated heterocycles. The summed E-state index contributed by atoms with van der Waals surface area (Å²) in [7, 11) is 0. The number of quaternary nitrogens is 2. The average molecular weight is 349 g/mol. The second kappa shape index (κ2) is 7.43. The van der Waals surface area contributed by atoms with Crippen molar-refractivity contribution >= 4 is 32.6 Å². The first kappa shape index (κ1) is 15.8. The molecule has 24 heavy (non-hydrogen) atoms. The number of aromatic nitrogens is 1. The van der Waals surface area contributed by atoms with Gasteiger partial charge in [-0.25, -0.2) is 20.6 Å². The van der Waals surface area contributed by atoms with E-state index in [1.54, 1.807) is 16.2 Å². The summed E-state index contributed by atoms with van der Waals surface area (Å²) >= 11 is 1.68. The zero-order chi connectivity index (χ0) is 16.2. The summed E-state index contributed by atoms with van der Waals surface area (Å²) in [6.45, 7) is 8.35. The Morgan fingerprint density at radius 3 is 2.83 bits per heavy atom. The van der Waals surface area contributed by atoms with Crippen LogP contribution in [0.5, 0.6) is 0 Å². The van der Waals surface area contributed by atoms with Crippen molar-refractivity contribution in [1.29, 1.82) is 0 Å². The van der Waals surface area contributed by atoms with Crippen LogP contribution < -0.4 is 25.4 Å². The molecule has 0 spiro atoms. The molecule has 0 saturated carbocycles. The van der Waals surface area contributed by atoms with Crippen molar-refractivity contribution in [3.05, 3.63) is 24.3 Å². The van der Waals surface area contributed by atoms with Gasteiger partial charge < -0.3 is 9.64 Å². The average Bonchev–Trinajstić information content (AvgIpc) is 3.04. The Kier molecular flexibility index (Phi) is 4.88. The summed E-state index contributed by atoms with van der Waals surface area (Å²) in [6.07, 6.45) is 0. The number of guanidine groups is 1. The van der Waals surface area contributed by atoms with Gasteiger partial charge in [-0.1, -0.05) is 23.5 Å². The highest BCUT2D eigenvalue weighted by Crippen LogP contribution is 2.24. The molecule has 0 amide bonds. The lowest BCUT2D eigenvalue weighted by molar-refractivity contribution is -1.01. The first-order valence-electron chi connectivity index (χ1n) is 8.59. The van der Waals surface area contributed by atoms with Crippen LogP contribution in [0.25, 0.3) is 10.2 Å². The van der Waals surface area contributed by atoms with Gasteiger partial charge in [0, 0.05) is 0 Å². The number of thiazole rings is 1. The highest BCUT2D eigenvalue weighted by atomic mass is 32.1. The molecule has 5 N–H and O–H groups in total. The topological polar surface area (TPSA) is 69.0 Å². The van der Waals surface area contributed by atoms with Crippen molar-refractivity contribution in [2.45, 2.75) is 0 Å². The van der Waals surface area contributed by atoms with Crippen molar-refractivity contribution in [1.82, 2.24) is 10.3 Å². The van der Waals surface area contributed by atoms with Crippen LogP contribution in [0.1, 0.15) is 0 Å². The van der Waals surface area contributed by atoms with E-state index in [4.69, 9.17) is 4.74 Å². The van der Waals surface area contributed by atoms with Gasteiger partial charge in [-0.2, -0.15) is 0 Å². The molecule has 2 aromatic rings. The van der Waals surface area contributed by atoms with Crippen LogP contribution >= 0.6 is 11.3 Å². The Morgan fingerprint density at radius 1 is 1.21 bits per heavy atom. The smallest absolute Gasteiger partial charge is 0.359 e. The fourth-order valence-corrected chi connectivity index (χ4v) is 3.98. The molecule has 0 aliphatic carbocycles. The number of nitrogens with one attached hydrogen (secondary N) is 5. The summed E-state index contributed by atoms with van der Waals surface area (Å²) in [5, 5.41) is 7.73. The molecule has 1 fully saturated rings. The third-order valence-electron chi connectivity index (χ3n) is 4.59. The Bertz CT molecular complexity index is 678. The normalized spacial score (nSPS) is 22.2. The standard InChI is InChI=1S/C16H22N6OS/c1-2-4-14-13(3-1)19-16(24-14)20-15-17-11-22(12-18-15)6-5-21-7-9-23-10-8-21/h1-4H,5-12H2,(H2,17,18,19,20)/p+3. The largest absolute Gasteiger partial charge is 0.370 e. The summed E-state index contributed by atoms with van der Waals surface area (Å²) < 4.78 is 6.62. The van der Waals surface area contributed by atoms with E-state index < -0.39 is 0 Å². The van der Waals surface area contributed by atoms with E-state index in [1.807, 2.05) is 18.2 Å². The van der Waals surface area contributed by atoms with Crippen LogP contribution in [-0.4, -0.2) is 63.7 Å². The predicted molar refractivity (Wildman–Crippen MR) is 94.3 cm³/mol. The maximum atomic E-state index is 5.42. The first-order valence-corrected chi connectivity index (χ1v) is 9.41. The van der Waals surface area contributed by atoms with Crippen molar-refractivity contribution in [2.75, 3.05) is 58.0 Å². The summed E-state index contributed by atoms with van der Waals surface area (Å²) in [5.74, 6) is 0.955. The Hall–Kier alpha value is -1.74. The lowest BCUT2D eigenvalue weighted by Crippen LogP contribution is -3.27. The van der Waals surface area contributed by atoms with Crippen molar-refractivity contribution in [2.24, 2.45) is 0 Å². The van der Waals surface area contributed by atoms with E-state index >= 15 is 0 Å². The van der Waals surface area contributed by atoms with E-state index in [9.17, 15) is 0 Å². The minimum Gasteiger partial charge on any atom is -0.370 e. The second-order valence-corrected chi connectivity index (χ2v) is 7.34. The Morgan fingerprint density at radius 2 is 2.04 bits per heavy atom. The number of hydrogen-bond acceptors (Lipinski definition) is 5. The predicted octanol–water partition coefficient (Wildman–Crippen LogP) is -3.54. The maximum absolute atomic E-state index is 5.42. The van der Waals surface area contributed by atoms with Gasteiger partial charge >= 0.3 is 5.96 Å². The number of nitrogens with zero attached hydrogens (tertiary/aromatic N) is 1. The van der Waals surface area contributed by atoms with Gasteiger partial charge in [0.1, 0.15) is 26.2 Å². The third kappa shape index (κ3) is 3.84. The van der Waals surface area contributed by atoms with Gasteiger partial charge in [-0.05, 0) is 12.1 Å². The Labute approximate surface area is 145 Å². The minimum atomic E-state index is 0.908. The number of ether oxygens (including phenoxy) is 1. The number of benzene rings is 1. The molecule has 1 aromatic heterocycles. The van der Waals surface area contributed by atoms with Crippen molar-refractivity contribution < 1.29 is 19.5 Å². The van der Waals surface area contributed by atoms with Gasteiger partial charge in [0.15, 0.2) is 13.3 Å². The molecule has 0 radical (unpaired) electrons. The van der Waals surface area contributed by atoms with Gasteiger partial charge in [0.25, 0.3) is 5.13 Å². The van der Waals surface area contributed by atoms with Crippen LogP contribution in [0, 0.1) is 0 Å². The third-order valence-corrected chi connectivity index (χ3v) is 5.54. The van der Waals surface area contributed by atoms with Gasteiger partial charge in [-0.3, -0.25) is 4.90 Å². The molecule has 128 valence electrons.